The van der Waals surface area contributed by atoms with E-state index in [9.17, 15) is 19.5 Å². The van der Waals surface area contributed by atoms with Crippen molar-refractivity contribution in [1.29, 1.82) is 0 Å². The molecule has 0 spiro atoms. The van der Waals surface area contributed by atoms with Crippen molar-refractivity contribution in [3.8, 4) is 5.75 Å². The summed E-state index contributed by atoms with van der Waals surface area (Å²) in [6.45, 7) is 7.18. The van der Waals surface area contributed by atoms with Gasteiger partial charge in [0.25, 0.3) is 11.7 Å². The first-order valence-electron chi connectivity index (χ1n) is 11.8. The number of anilines is 1. The van der Waals surface area contributed by atoms with Crippen LogP contribution in [0.4, 0.5) is 5.69 Å². The number of aryl methyl sites for hydroxylation is 2. The summed E-state index contributed by atoms with van der Waals surface area (Å²) < 4.78 is 10.8. The number of hydrogen-bond donors (Lipinski definition) is 1. The van der Waals surface area contributed by atoms with Crippen molar-refractivity contribution >= 4 is 29.1 Å². The summed E-state index contributed by atoms with van der Waals surface area (Å²) in [5, 5.41) is 11.5. The molecule has 1 aliphatic heterocycles. The average molecular weight is 501 g/mol. The molecule has 1 amide bonds. The minimum Gasteiger partial charge on any atom is -0.507 e. The Bertz CT molecular complexity index is 1410. The number of ether oxygens (including phenoxy) is 2. The van der Waals surface area contributed by atoms with Gasteiger partial charge in [0.05, 0.1) is 36.0 Å². The predicted octanol–water partition coefficient (Wildman–Crippen LogP) is 4.90. The molecule has 0 aliphatic carbocycles. The lowest BCUT2D eigenvalue weighted by molar-refractivity contribution is -0.132. The van der Waals surface area contributed by atoms with Gasteiger partial charge in [0.2, 0.25) is 0 Å². The second-order valence-corrected chi connectivity index (χ2v) is 9.12. The number of amides is 1. The second kappa shape index (κ2) is 10.3. The zero-order valence-electron chi connectivity index (χ0n) is 21.3. The highest BCUT2D eigenvalue weighted by Gasteiger charge is 2.47. The van der Waals surface area contributed by atoms with Crippen molar-refractivity contribution in [3.63, 3.8) is 0 Å². The summed E-state index contributed by atoms with van der Waals surface area (Å²) in [6, 6.07) is 12.3. The fourth-order valence-electron chi connectivity index (χ4n) is 4.57. The highest BCUT2D eigenvalue weighted by Crippen LogP contribution is 2.43. The molecule has 2 aromatic carbocycles. The highest BCUT2D eigenvalue weighted by molar-refractivity contribution is 6.51. The van der Waals surface area contributed by atoms with E-state index in [-0.39, 0.29) is 23.0 Å². The van der Waals surface area contributed by atoms with E-state index in [1.165, 1.54) is 18.1 Å². The lowest BCUT2D eigenvalue weighted by Gasteiger charge is -2.26. The third-order valence-corrected chi connectivity index (χ3v) is 6.05. The van der Waals surface area contributed by atoms with Crippen LogP contribution in [-0.2, 0) is 14.3 Å². The quantitative estimate of drug-likeness (QED) is 0.222. The first-order valence-corrected chi connectivity index (χ1v) is 11.8. The average Bonchev–Trinajstić information content (AvgIpc) is 3.13. The van der Waals surface area contributed by atoms with E-state index in [4.69, 9.17) is 9.47 Å². The Morgan fingerprint density at radius 3 is 2.41 bits per heavy atom. The van der Waals surface area contributed by atoms with Gasteiger partial charge in [-0.2, -0.15) is 0 Å². The predicted molar refractivity (Wildman–Crippen MR) is 138 cm³/mol. The van der Waals surface area contributed by atoms with Crippen LogP contribution in [0, 0.1) is 13.8 Å². The Labute approximate surface area is 215 Å². The number of hydrogen-bond acceptors (Lipinski definition) is 7. The number of esters is 1. The molecule has 1 aromatic heterocycles. The summed E-state index contributed by atoms with van der Waals surface area (Å²) in [4.78, 5) is 44.8. The number of Topliss-reactive ketones (excluding diaryl/α,β-unsaturated/α-hetero) is 1. The van der Waals surface area contributed by atoms with Crippen molar-refractivity contribution < 1.29 is 29.0 Å². The molecular weight excluding hydrogens is 472 g/mol. The van der Waals surface area contributed by atoms with E-state index in [0.29, 0.717) is 22.6 Å². The van der Waals surface area contributed by atoms with Crippen LogP contribution in [-0.4, -0.2) is 41.0 Å². The summed E-state index contributed by atoms with van der Waals surface area (Å²) in [5.41, 5.74) is 2.96. The van der Waals surface area contributed by atoms with Crippen LogP contribution in [0.5, 0.6) is 5.75 Å². The number of methoxy groups -OCH3 is 1. The summed E-state index contributed by atoms with van der Waals surface area (Å²) in [6.07, 6.45) is 2.77. The molecular formula is C29H28N2O6. The van der Waals surface area contributed by atoms with Crippen LogP contribution in [0.25, 0.3) is 5.76 Å². The number of nitrogens with zero attached hydrogens (tertiary/aromatic N) is 2. The molecule has 0 saturated carbocycles. The Kier molecular flexibility index (Phi) is 7.11. The number of aliphatic hydroxyl groups is 1. The van der Waals surface area contributed by atoms with E-state index in [2.05, 4.69) is 4.98 Å². The van der Waals surface area contributed by atoms with Gasteiger partial charge in [0.1, 0.15) is 11.5 Å². The smallest absolute Gasteiger partial charge is 0.338 e. The number of aliphatic hydroxyl groups excluding tert-OH is 1. The molecule has 3 aromatic rings. The van der Waals surface area contributed by atoms with Gasteiger partial charge in [0, 0.05) is 18.1 Å². The van der Waals surface area contributed by atoms with Gasteiger partial charge in [-0.05, 0) is 80.8 Å². The summed E-state index contributed by atoms with van der Waals surface area (Å²) in [5.74, 6) is -2.17. The molecule has 1 atom stereocenters. The number of rotatable bonds is 6. The zero-order valence-corrected chi connectivity index (χ0v) is 21.3. The number of ketones is 1. The van der Waals surface area contributed by atoms with E-state index in [0.717, 1.165) is 11.1 Å². The maximum Gasteiger partial charge on any atom is 0.338 e. The largest absolute Gasteiger partial charge is 0.507 e. The van der Waals surface area contributed by atoms with E-state index < -0.39 is 23.7 Å². The van der Waals surface area contributed by atoms with Crippen LogP contribution in [0.15, 0.2) is 66.5 Å². The molecule has 1 saturated heterocycles. The number of carbonyl (C=O) groups is 3. The summed E-state index contributed by atoms with van der Waals surface area (Å²) in [7, 11) is 1.48. The molecule has 1 N–H and O–H groups in total. The minimum atomic E-state index is -0.968. The first kappa shape index (κ1) is 25.6. The number of pyridine rings is 1. The Morgan fingerprint density at radius 2 is 1.76 bits per heavy atom. The fraction of sp³-hybridized carbons (Fsp3) is 0.241. The van der Waals surface area contributed by atoms with Gasteiger partial charge in [-0.1, -0.05) is 12.1 Å². The molecule has 1 fully saturated rings. The maximum absolute atomic E-state index is 13.5. The molecule has 37 heavy (non-hydrogen) atoms. The third-order valence-electron chi connectivity index (χ3n) is 6.05. The normalized spacial score (nSPS) is 16.8. The van der Waals surface area contributed by atoms with Gasteiger partial charge in [-0.3, -0.25) is 19.5 Å². The summed E-state index contributed by atoms with van der Waals surface area (Å²) >= 11 is 0. The van der Waals surface area contributed by atoms with Crippen LogP contribution >= 0.6 is 0 Å². The van der Waals surface area contributed by atoms with Gasteiger partial charge >= 0.3 is 5.97 Å². The molecule has 0 radical (unpaired) electrons. The minimum absolute atomic E-state index is 0.0883. The van der Waals surface area contributed by atoms with Crippen LogP contribution in [0.1, 0.15) is 52.5 Å². The topological polar surface area (TPSA) is 106 Å². The van der Waals surface area contributed by atoms with E-state index in [1.54, 1.807) is 62.6 Å². The van der Waals surface area contributed by atoms with Crippen molar-refractivity contribution in [3.05, 3.63) is 94.3 Å². The SMILES string of the molecule is COc1c(C)cc(C)cc1/C(O)=C1\C(=O)C(=O)N(c2cccc(C(=O)OC(C)C)c2)C1c1ccncc1. The molecule has 190 valence electrons. The van der Waals surface area contributed by atoms with Crippen LogP contribution in [0.2, 0.25) is 0 Å². The number of benzene rings is 2. The Hall–Kier alpha value is -4.46. The van der Waals surface area contributed by atoms with Gasteiger partial charge in [-0.25, -0.2) is 4.79 Å². The zero-order chi connectivity index (χ0) is 26.9. The van der Waals surface area contributed by atoms with Crippen molar-refractivity contribution in [1.82, 2.24) is 4.98 Å². The van der Waals surface area contributed by atoms with Crippen molar-refractivity contribution in [2.24, 2.45) is 0 Å². The molecule has 1 aliphatic rings. The molecule has 2 heterocycles. The molecule has 1 unspecified atom stereocenters. The molecule has 4 rings (SSSR count). The molecule has 8 nitrogen and oxygen atoms in total. The lowest BCUT2D eigenvalue weighted by atomic mass is 9.94. The third kappa shape index (κ3) is 4.82. The standard InChI is InChI=1S/C29H28N2O6/c1-16(2)37-29(35)20-7-6-8-21(15-20)31-24(19-9-11-30-12-10-19)23(26(33)28(31)34)25(32)22-14-17(3)13-18(4)27(22)36-5/h6-16,24,32H,1-5H3/b25-23+. The number of aromatic nitrogens is 1. The molecule has 0 bridgehead atoms. The Balaban J connectivity index is 1.94. The van der Waals surface area contributed by atoms with Gasteiger partial charge < -0.3 is 14.6 Å². The second-order valence-electron chi connectivity index (χ2n) is 9.12. The van der Waals surface area contributed by atoms with Crippen molar-refractivity contribution in [2.75, 3.05) is 12.0 Å². The van der Waals surface area contributed by atoms with Gasteiger partial charge in [-0.15, -0.1) is 0 Å². The number of carbonyl (C=O) groups excluding carboxylic acids is 3. The monoisotopic (exact) mass is 500 g/mol. The fourth-order valence-corrected chi connectivity index (χ4v) is 4.57. The van der Waals surface area contributed by atoms with Crippen LogP contribution in [0.3, 0.4) is 0 Å². The van der Waals surface area contributed by atoms with E-state index in [1.807, 2.05) is 19.9 Å². The van der Waals surface area contributed by atoms with E-state index >= 15 is 0 Å². The Morgan fingerprint density at radius 1 is 1.05 bits per heavy atom. The van der Waals surface area contributed by atoms with Crippen molar-refractivity contribution in [2.45, 2.75) is 39.8 Å². The first-order chi connectivity index (χ1) is 17.6. The molecule has 8 heteroatoms. The maximum atomic E-state index is 13.5. The van der Waals surface area contributed by atoms with Gasteiger partial charge in [0.15, 0.2) is 0 Å². The van der Waals surface area contributed by atoms with Crippen LogP contribution < -0.4 is 9.64 Å². The highest BCUT2D eigenvalue weighted by atomic mass is 16.5. The lowest BCUT2D eigenvalue weighted by Crippen LogP contribution is -2.29.